The first-order chi connectivity index (χ1) is 7.83. The summed E-state index contributed by atoms with van der Waals surface area (Å²) in [5, 5.41) is 15.4. The quantitative estimate of drug-likeness (QED) is 0.436. The summed E-state index contributed by atoms with van der Waals surface area (Å²) in [5.41, 5.74) is 0.778. The van der Waals surface area contributed by atoms with Crippen LogP contribution in [0.15, 0.2) is 71.0 Å². The fourth-order valence-corrected chi connectivity index (χ4v) is 0.989. The van der Waals surface area contributed by atoms with Gasteiger partial charge in [-0.3, -0.25) is 0 Å². The van der Waals surface area contributed by atoms with Gasteiger partial charge >= 0.3 is 0 Å². The molecule has 0 fully saturated rings. The molecule has 4 heteroatoms. The third-order valence-electron chi connectivity index (χ3n) is 1.69. The molecule has 0 amide bonds. The van der Waals surface area contributed by atoms with Gasteiger partial charge in [-0.05, 0) is 24.3 Å². The second-order valence-corrected chi connectivity index (χ2v) is 2.89. The summed E-state index contributed by atoms with van der Waals surface area (Å²) in [6, 6.07) is 18.0. The summed E-state index contributed by atoms with van der Waals surface area (Å²) in [6.07, 6.45) is 0. The van der Waals surface area contributed by atoms with Crippen molar-refractivity contribution < 1.29 is 5.11 Å². The molecule has 3 N–H and O–H groups in total. The van der Waals surface area contributed by atoms with Crippen LogP contribution in [0, 0.1) is 0 Å². The number of para-hydroxylation sites is 1. The summed E-state index contributed by atoms with van der Waals surface area (Å²) in [6.45, 7) is 0. The van der Waals surface area contributed by atoms with Crippen LogP contribution < -0.4 is 5.84 Å². The Bertz CT molecular complexity index is 415. The summed E-state index contributed by atoms with van der Waals surface area (Å²) in [4.78, 5) is 0. The number of benzene rings is 2. The molecule has 0 aromatic heterocycles. The van der Waals surface area contributed by atoms with Crippen molar-refractivity contribution in [3.63, 3.8) is 0 Å². The van der Waals surface area contributed by atoms with E-state index in [1.165, 1.54) is 0 Å². The number of rotatable bonds is 1. The maximum Gasteiger partial charge on any atom is 0.115 e. The van der Waals surface area contributed by atoms with E-state index in [2.05, 4.69) is 10.3 Å². The van der Waals surface area contributed by atoms with Gasteiger partial charge in [-0.1, -0.05) is 41.6 Å². The van der Waals surface area contributed by atoms with Crippen LogP contribution in [0.3, 0.4) is 0 Å². The third-order valence-corrected chi connectivity index (χ3v) is 1.69. The fourth-order valence-electron chi connectivity index (χ4n) is 0.989. The predicted molar refractivity (Wildman–Crippen MR) is 63.3 cm³/mol. The van der Waals surface area contributed by atoms with Crippen LogP contribution >= 0.6 is 0 Å². The van der Waals surface area contributed by atoms with E-state index < -0.39 is 0 Å². The van der Waals surface area contributed by atoms with Crippen LogP contribution in [0.1, 0.15) is 0 Å². The van der Waals surface area contributed by atoms with E-state index in [1.807, 2.05) is 36.4 Å². The molecular weight excluding hydrogens is 202 g/mol. The molecule has 0 saturated heterocycles. The maximum atomic E-state index is 8.63. The molecule has 4 nitrogen and oxygen atoms in total. The molecular formula is C12H13N3O. The molecule has 0 bridgehead atoms. The Hall–Kier alpha value is -2.36. The minimum atomic E-state index is 0.322. The number of nitrogens with two attached hydrogens (primary N) is 1. The highest BCUT2D eigenvalue weighted by atomic mass is 16.3. The van der Waals surface area contributed by atoms with Crippen molar-refractivity contribution in [2.24, 2.45) is 16.2 Å². The zero-order chi connectivity index (χ0) is 11.6. The van der Waals surface area contributed by atoms with Crippen molar-refractivity contribution >= 4 is 5.69 Å². The monoisotopic (exact) mass is 215 g/mol. The number of phenolic OH excluding ortho intramolecular Hbond substituents is 1. The largest absolute Gasteiger partial charge is 0.508 e. The molecule has 0 aliphatic heterocycles. The highest BCUT2D eigenvalue weighted by Gasteiger charge is 1.80. The first-order valence-corrected chi connectivity index (χ1v) is 4.73. The Labute approximate surface area is 94.0 Å². The number of aromatic hydroxyl groups is 1. The molecule has 0 aliphatic carbocycles. The van der Waals surface area contributed by atoms with Crippen LogP contribution in [0.4, 0.5) is 5.69 Å². The van der Waals surface area contributed by atoms with Crippen molar-refractivity contribution in [2.75, 3.05) is 0 Å². The Morgan fingerprint density at radius 3 is 1.69 bits per heavy atom. The van der Waals surface area contributed by atoms with Gasteiger partial charge in [0.2, 0.25) is 0 Å². The van der Waals surface area contributed by atoms with Crippen molar-refractivity contribution in [1.82, 2.24) is 0 Å². The molecule has 0 heterocycles. The second kappa shape index (κ2) is 7.00. The van der Waals surface area contributed by atoms with E-state index in [0.717, 1.165) is 5.69 Å². The van der Waals surface area contributed by atoms with Crippen LogP contribution in [0.5, 0.6) is 5.75 Å². The SMILES string of the molecule is NN=Nc1ccccc1.Oc1ccccc1. The average molecular weight is 215 g/mol. The lowest BCUT2D eigenvalue weighted by Crippen LogP contribution is -1.72. The smallest absolute Gasteiger partial charge is 0.115 e. The van der Waals surface area contributed by atoms with Crippen molar-refractivity contribution in [3.05, 3.63) is 60.7 Å². The second-order valence-electron chi connectivity index (χ2n) is 2.89. The molecule has 2 aromatic rings. The van der Waals surface area contributed by atoms with Gasteiger partial charge in [0, 0.05) is 0 Å². The fraction of sp³-hybridized carbons (Fsp3) is 0. The zero-order valence-corrected chi connectivity index (χ0v) is 8.69. The lowest BCUT2D eigenvalue weighted by molar-refractivity contribution is 0.475. The Morgan fingerprint density at radius 1 is 0.812 bits per heavy atom. The van der Waals surface area contributed by atoms with E-state index in [4.69, 9.17) is 10.9 Å². The molecule has 2 rings (SSSR count). The van der Waals surface area contributed by atoms with Crippen molar-refractivity contribution in [2.45, 2.75) is 0 Å². The molecule has 0 aliphatic rings. The first-order valence-electron chi connectivity index (χ1n) is 4.73. The van der Waals surface area contributed by atoms with Crippen LogP contribution in [-0.4, -0.2) is 5.11 Å². The van der Waals surface area contributed by atoms with Gasteiger partial charge in [-0.15, -0.1) is 5.11 Å². The Balaban J connectivity index is 0.000000165. The third kappa shape index (κ3) is 4.76. The van der Waals surface area contributed by atoms with Crippen LogP contribution in [-0.2, 0) is 0 Å². The van der Waals surface area contributed by atoms with Gasteiger partial charge in [-0.2, -0.15) is 0 Å². The Morgan fingerprint density at radius 2 is 1.31 bits per heavy atom. The van der Waals surface area contributed by atoms with Gasteiger partial charge in [0.25, 0.3) is 0 Å². The minimum Gasteiger partial charge on any atom is -0.508 e. The van der Waals surface area contributed by atoms with Gasteiger partial charge in [-0.25, -0.2) is 0 Å². The molecule has 2 aromatic carbocycles. The number of nitrogens with zero attached hydrogens (tertiary/aromatic N) is 2. The van der Waals surface area contributed by atoms with E-state index in [9.17, 15) is 0 Å². The maximum absolute atomic E-state index is 8.63. The summed E-state index contributed by atoms with van der Waals surface area (Å²) >= 11 is 0. The number of hydrogen-bond acceptors (Lipinski definition) is 3. The lowest BCUT2D eigenvalue weighted by Gasteiger charge is -1.84. The summed E-state index contributed by atoms with van der Waals surface area (Å²) < 4.78 is 0. The van der Waals surface area contributed by atoms with Gasteiger partial charge in [0.1, 0.15) is 5.75 Å². The van der Waals surface area contributed by atoms with Crippen LogP contribution in [0.2, 0.25) is 0 Å². The molecule has 0 atom stereocenters. The molecule has 16 heavy (non-hydrogen) atoms. The normalized spacial score (nSPS) is 9.50. The number of hydrogen-bond donors (Lipinski definition) is 2. The average Bonchev–Trinajstić information content (AvgIpc) is 2.33. The van der Waals surface area contributed by atoms with E-state index in [1.54, 1.807) is 24.3 Å². The van der Waals surface area contributed by atoms with E-state index in [-0.39, 0.29) is 0 Å². The first kappa shape index (κ1) is 11.7. The zero-order valence-electron chi connectivity index (χ0n) is 8.69. The van der Waals surface area contributed by atoms with Gasteiger partial charge < -0.3 is 10.9 Å². The molecule has 0 spiro atoms. The summed E-state index contributed by atoms with van der Waals surface area (Å²) in [5.74, 6) is 5.14. The highest BCUT2D eigenvalue weighted by Crippen LogP contribution is 2.08. The Kier molecular flexibility index (Phi) is 5.13. The van der Waals surface area contributed by atoms with Gasteiger partial charge in [0.15, 0.2) is 0 Å². The molecule has 0 unspecified atom stereocenters. The van der Waals surface area contributed by atoms with E-state index in [0.29, 0.717) is 5.75 Å². The lowest BCUT2D eigenvalue weighted by atomic mass is 10.3. The molecule has 82 valence electrons. The topological polar surface area (TPSA) is 71.0 Å². The predicted octanol–water partition coefficient (Wildman–Crippen LogP) is 3.04. The van der Waals surface area contributed by atoms with Crippen molar-refractivity contribution in [1.29, 1.82) is 0 Å². The molecule has 0 saturated carbocycles. The number of phenols is 1. The summed E-state index contributed by atoms with van der Waals surface area (Å²) in [7, 11) is 0. The molecule has 0 radical (unpaired) electrons. The standard InChI is InChI=1S/C6H7N3.C6H6O/c7-9-8-6-4-2-1-3-5-6;7-6-4-2-1-3-5-6/h1-5H,(H2,7,8);1-5,7H. The van der Waals surface area contributed by atoms with E-state index >= 15 is 0 Å². The van der Waals surface area contributed by atoms with Crippen LogP contribution in [0.25, 0.3) is 0 Å². The highest BCUT2D eigenvalue weighted by molar-refractivity contribution is 5.34. The van der Waals surface area contributed by atoms with Crippen molar-refractivity contribution in [3.8, 4) is 5.75 Å². The minimum absolute atomic E-state index is 0.322. The van der Waals surface area contributed by atoms with Gasteiger partial charge in [0.05, 0.1) is 5.69 Å².